The summed E-state index contributed by atoms with van der Waals surface area (Å²) in [5.41, 5.74) is 3.52. The normalized spacial score (nSPS) is 10.8. The molecule has 20 heavy (non-hydrogen) atoms. The number of carbonyl (C=O) groups is 1. The zero-order valence-electron chi connectivity index (χ0n) is 12.1. The van der Waals surface area contributed by atoms with Gasteiger partial charge in [0.1, 0.15) is 5.82 Å². The lowest BCUT2D eigenvalue weighted by Crippen LogP contribution is -2.07. The number of benzene rings is 1. The molecule has 0 atom stereocenters. The summed E-state index contributed by atoms with van der Waals surface area (Å²) >= 11 is 0. The zero-order chi connectivity index (χ0) is 14.7. The Morgan fingerprint density at radius 1 is 1.20 bits per heavy atom. The maximum atomic E-state index is 12.9. The second kappa shape index (κ2) is 5.99. The second-order valence-corrected chi connectivity index (χ2v) is 4.82. The number of aryl methyl sites for hydroxylation is 1. The van der Waals surface area contributed by atoms with E-state index in [1.807, 2.05) is 18.5 Å². The standard InChI is InChI=1S/C16H19FN2O/c1-4-14-16(11(3)20)15(5-2)19(18-14)10-12-6-8-13(17)9-7-12/h6-9H,4-5,10H2,1-3H3. The molecule has 106 valence electrons. The van der Waals surface area contributed by atoms with Crippen LogP contribution in [0.15, 0.2) is 24.3 Å². The Labute approximate surface area is 118 Å². The van der Waals surface area contributed by atoms with Gasteiger partial charge in [0, 0.05) is 5.69 Å². The largest absolute Gasteiger partial charge is 0.294 e. The molecule has 0 fully saturated rings. The van der Waals surface area contributed by atoms with E-state index in [0.717, 1.165) is 35.4 Å². The number of rotatable bonds is 5. The van der Waals surface area contributed by atoms with Crippen molar-refractivity contribution in [1.82, 2.24) is 9.78 Å². The smallest absolute Gasteiger partial charge is 0.163 e. The number of carbonyl (C=O) groups excluding carboxylic acids is 1. The Balaban J connectivity index is 2.41. The molecule has 0 aliphatic rings. The van der Waals surface area contributed by atoms with Crippen molar-refractivity contribution in [1.29, 1.82) is 0 Å². The molecule has 0 radical (unpaired) electrons. The predicted octanol–water partition coefficient (Wildman–Crippen LogP) is 3.40. The minimum Gasteiger partial charge on any atom is -0.294 e. The molecule has 2 aromatic rings. The highest BCUT2D eigenvalue weighted by atomic mass is 19.1. The van der Waals surface area contributed by atoms with E-state index in [1.165, 1.54) is 12.1 Å². The van der Waals surface area contributed by atoms with Gasteiger partial charge in [-0.25, -0.2) is 4.39 Å². The van der Waals surface area contributed by atoms with Gasteiger partial charge in [-0.1, -0.05) is 26.0 Å². The van der Waals surface area contributed by atoms with Gasteiger partial charge in [0.2, 0.25) is 0 Å². The number of hydrogen-bond donors (Lipinski definition) is 0. The van der Waals surface area contributed by atoms with Gasteiger partial charge in [-0.3, -0.25) is 9.48 Å². The molecule has 0 amide bonds. The molecule has 0 aliphatic heterocycles. The fraction of sp³-hybridized carbons (Fsp3) is 0.375. The van der Waals surface area contributed by atoms with Crippen molar-refractivity contribution >= 4 is 5.78 Å². The fourth-order valence-electron chi connectivity index (χ4n) is 2.46. The van der Waals surface area contributed by atoms with Crippen LogP contribution in [0.4, 0.5) is 4.39 Å². The van der Waals surface area contributed by atoms with Crippen molar-refractivity contribution < 1.29 is 9.18 Å². The zero-order valence-corrected chi connectivity index (χ0v) is 12.1. The highest BCUT2D eigenvalue weighted by Crippen LogP contribution is 2.18. The van der Waals surface area contributed by atoms with Crippen molar-refractivity contribution in [3.05, 3.63) is 52.6 Å². The summed E-state index contributed by atoms with van der Waals surface area (Å²) in [4.78, 5) is 11.8. The third kappa shape index (κ3) is 2.79. The van der Waals surface area contributed by atoms with E-state index >= 15 is 0 Å². The van der Waals surface area contributed by atoms with E-state index in [4.69, 9.17) is 0 Å². The van der Waals surface area contributed by atoms with Crippen LogP contribution in [-0.2, 0) is 19.4 Å². The first-order chi connectivity index (χ1) is 9.56. The molecule has 1 aromatic carbocycles. The van der Waals surface area contributed by atoms with Crippen molar-refractivity contribution in [2.75, 3.05) is 0 Å². The van der Waals surface area contributed by atoms with Gasteiger partial charge in [-0.2, -0.15) is 5.10 Å². The van der Waals surface area contributed by atoms with Crippen LogP contribution >= 0.6 is 0 Å². The molecule has 0 unspecified atom stereocenters. The average molecular weight is 274 g/mol. The molecule has 0 bridgehead atoms. The first-order valence-corrected chi connectivity index (χ1v) is 6.90. The van der Waals surface area contributed by atoms with E-state index in [2.05, 4.69) is 5.10 Å². The highest BCUT2D eigenvalue weighted by Gasteiger charge is 2.18. The van der Waals surface area contributed by atoms with Crippen molar-refractivity contribution in [2.45, 2.75) is 40.2 Å². The summed E-state index contributed by atoms with van der Waals surface area (Å²) < 4.78 is 14.8. The Morgan fingerprint density at radius 3 is 2.35 bits per heavy atom. The van der Waals surface area contributed by atoms with E-state index in [0.29, 0.717) is 6.54 Å². The van der Waals surface area contributed by atoms with Gasteiger partial charge in [-0.05, 0) is 37.5 Å². The molecule has 0 saturated heterocycles. The van der Waals surface area contributed by atoms with Gasteiger partial charge in [0.05, 0.1) is 17.8 Å². The maximum Gasteiger partial charge on any atom is 0.163 e. The molecule has 0 spiro atoms. The number of Topliss-reactive ketones (excluding diaryl/α,β-unsaturated/α-hetero) is 1. The summed E-state index contributed by atoms with van der Waals surface area (Å²) in [6.45, 7) is 6.15. The number of halogens is 1. The van der Waals surface area contributed by atoms with Crippen molar-refractivity contribution in [3.8, 4) is 0 Å². The van der Waals surface area contributed by atoms with Crippen LogP contribution in [0.5, 0.6) is 0 Å². The van der Waals surface area contributed by atoms with E-state index in [9.17, 15) is 9.18 Å². The molecule has 3 nitrogen and oxygen atoms in total. The van der Waals surface area contributed by atoms with E-state index < -0.39 is 0 Å². The molecular formula is C16H19FN2O. The molecule has 1 heterocycles. The number of ketones is 1. The van der Waals surface area contributed by atoms with Gasteiger partial charge in [0.25, 0.3) is 0 Å². The maximum absolute atomic E-state index is 12.9. The summed E-state index contributed by atoms with van der Waals surface area (Å²) in [6.07, 6.45) is 1.49. The Kier molecular flexibility index (Phi) is 4.32. The summed E-state index contributed by atoms with van der Waals surface area (Å²) in [5, 5.41) is 4.54. The minimum absolute atomic E-state index is 0.0593. The van der Waals surface area contributed by atoms with Crippen molar-refractivity contribution in [3.63, 3.8) is 0 Å². The predicted molar refractivity (Wildman–Crippen MR) is 76.5 cm³/mol. The molecule has 2 rings (SSSR count). The van der Waals surface area contributed by atoms with Crippen LogP contribution in [-0.4, -0.2) is 15.6 Å². The summed E-state index contributed by atoms with van der Waals surface area (Å²) in [5.74, 6) is -0.187. The molecule has 4 heteroatoms. The minimum atomic E-state index is -0.247. The highest BCUT2D eigenvalue weighted by molar-refractivity contribution is 5.96. The molecule has 0 saturated carbocycles. The van der Waals surface area contributed by atoms with Crippen LogP contribution in [0.3, 0.4) is 0 Å². The number of hydrogen-bond acceptors (Lipinski definition) is 2. The Bertz CT molecular complexity index is 614. The van der Waals surface area contributed by atoms with E-state index in [-0.39, 0.29) is 11.6 Å². The lowest BCUT2D eigenvalue weighted by Gasteiger charge is -2.07. The van der Waals surface area contributed by atoms with Crippen LogP contribution in [0.1, 0.15) is 48.1 Å². The Morgan fingerprint density at radius 2 is 1.85 bits per heavy atom. The fourth-order valence-corrected chi connectivity index (χ4v) is 2.46. The van der Waals surface area contributed by atoms with Crippen LogP contribution in [0.25, 0.3) is 0 Å². The second-order valence-electron chi connectivity index (χ2n) is 4.82. The quantitative estimate of drug-likeness (QED) is 0.783. The SMILES string of the molecule is CCc1nn(Cc2ccc(F)cc2)c(CC)c1C(C)=O. The lowest BCUT2D eigenvalue weighted by atomic mass is 10.1. The summed E-state index contributed by atoms with van der Waals surface area (Å²) in [6, 6.07) is 6.37. The van der Waals surface area contributed by atoms with Crippen LogP contribution in [0, 0.1) is 5.82 Å². The summed E-state index contributed by atoms with van der Waals surface area (Å²) in [7, 11) is 0. The van der Waals surface area contributed by atoms with E-state index in [1.54, 1.807) is 19.1 Å². The number of aromatic nitrogens is 2. The van der Waals surface area contributed by atoms with Crippen LogP contribution < -0.4 is 0 Å². The monoisotopic (exact) mass is 274 g/mol. The topological polar surface area (TPSA) is 34.9 Å². The van der Waals surface area contributed by atoms with Crippen molar-refractivity contribution in [2.24, 2.45) is 0 Å². The third-order valence-electron chi connectivity index (χ3n) is 3.40. The molecule has 0 N–H and O–H groups in total. The first kappa shape index (κ1) is 14.4. The Hall–Kier alpha value is -1.97. The van der Waals surface area contributed by atoms with Gasteiger partial charge in [0.15, 0.2) is 5.78 Å². The average Bonchev–Trinajstić information content (AvgIpc) is 2.79. The molecule has 0 aliphatic carbocycles. The van der Waals surface area contributed by atoms with Crippen LogP contribution in [0.2, 0.25) is 0 Å². The van der Waals surface area contributed by atoms with Gasteiger partial charge >= 0.3 is 0 Å². The van der Waals surface area contributed by atoms with Gasteiger partial charge in [-0.15, -0.1) is 0 Å². The number of nitrogens with zero attached hydrogens (tertiary/aromatic N) is 2. The van der Waals surface area contributed by atoms with Gasteiger partial charge < -0.3 is 0 Å². The third-order valence-corrected chi connectivity index (χ3v) is 3.40. The molecule has 1 aromatic heterocycles. The first-order valence-electron chi connectivity index (χ1n) is 6.90. The lowest BCUT2D eigenvalue weighted by molar-refractivity contribution is 0.101. The molecular weight excluding hydrogens is 255 g/mol.